The Bertz CT molecular complexity index is 166. The van der Waals surface area contributed by atoms with Crippen LogP contribution in [-0.4, -0.2) is 11.1 Å². The molecule has 0 aliphatic heterocycles. The van der Waals surface area contributed by atoms with Crippen LogP contribution in [0.3, 0.4) is 0 Å². The van der Waals surface area contributed by atoms with Crippen molar-refractivity contribution in [2.75, 3.05) is 0 Å². The monoisotopic (exact) mass is 200 g/mol. The zero-order valence-electron chi connectivity index (χ0n) is 9.92. The first-order valence-corrected chi connectivity index (χ1v) is 5.67. The Morgan fingerprint density at radius 1 is 1.07 bits per heavy atom. The lowest BCUT2D eigenvalue weighted by atomic mass is 9.87. The lowest BCUT2D eigenvalue weighted by Crippen LogP contribution is -2.10. The van der Waals surface area contributed by atoms with Gasteiger partial charge in [0, 0.05) is 6.42 Å². The maximum absolute atomic E-state index is 10.5. The third-order valence-electron chi connectivity index (χ3n) is 2.83. The van der Waals surface area contributed by atoms with Crippen LogP contribution in [-0.2, 0) is 4.79 Å². The summed E-state index contributed by atoms with van der Waals surface area (Å²) in [6.45, 7) is 8.72. The Morgan fingerprint density at radius 3 is 2.00 bits per heavy atom. The summed E-state index contributed by atoms with van der Waals surface area (Å²) in [6.07, 6.45) is 3.79. The smallest absolute Gasteiger partial charge is 0.303 e. The summed E-state index contributed by atoms with van der Waals surface area (Å²) < 4.78 is 0. The predicted molar refractivity (Wildman–Crippen MR) is 59.3 cm³/mol. The van der Waals surface area contributed by atoms with E-state index >= 15 is 0 Å². The van der Waals surface area contributed by atoms with Crippen molar-refractivity contribution in [2.24, 2.45) is 17.8 Å². The summed E-state index contributed by atoms with van der Waals surface area (Å²) in [5, 5.41) is 8.62. The van der Waals surface area contributed by atoms with Gasteiger partial charge in [0.05, 0.1) is 0 Å². The van der Waals surface area contributed by atoms with Crippen LogP contribution < -0.4 is 0 Å². The zero-order valence-corrected chi connectivity index (χ0v) is 9.92. The number of carboxylic acid groups (broad SMARTS) is 1. The van der Waals surface area contributed by atoms with Gasteiger partial charge in [-0.1, -0.05) is 34.1 Å². The molecule has 0 fully saturated rings. The largest absolute Gasteiger partial charge is 0.481 e. The molecule has 14 heavy (non-hydrogen) atoms. The van der Waals surface area contributed by atoms with E-state index in [1.165, 1.54) is 12.8 Å². The Hall–Kier alpha value is -0.530. The molecule has 0 aliphatic rings. The lowest BCUT2D eigenvalue weighted by molar-refractivity contribution is -0.138. The summed E-state index contributed by atoms with van der Waals surface area (Å²) in [7, 11) is 0. The van der Waals surface area contributed by atoms with Crippen molar-refractivity contribution in [3.63, 3.8) is 0 Å². The molecule has 0 aliphatic carbocycles. The highest BCUT2D eigenvalue weighted by Gasteiger charge is 2.13. The van der Waals surface area contributed by atoms with Gasteiger partial charge in [-0.15, -0.1) is 0 Å². The molecule has 0 spiro atoms. The first-order valence-electron chi connectivity index (χ1n) is 5.67. The molecule has 0 saturated heterocycles. The number of aliphatic carboxylic acids is 1. The summed E-state index contributed by atoms with van der Waals surface area (Å²) in [6, 6.07) is 0. The molecule has 0 amide bonds. The van der Waals surface area contributed by atoms with Crippen LogP contribution in [0.15, 0.2) is 0 Å². The standard InChI is InChI=1S/C12H24O2/c1-5-9(2)6-10(3)7-11(4)8-12(13)14/h9-11H,5-8H2,1-4H3,(H,13,14). The van der Waals surface area contributed by atoms with Crippen LogP contribution in [0.2, 0.25) is 0 Å². The highest BCUT2D eigenvalue weighted by molar-refractivity contribution is 5.66. The van der Waals surface area contributed by atoms with Crippen LogP contribution in [0, 0.1) is 17.8 Å². The number of carboxylic acids is 1. The average molecular weight is 200 g/mol. The fourth-order valence-corrected chi connectivity index (χ4v) is 2.02. The van der Waals surface area contributed by atoms with Crippen LogP contribution in [0.4, 0.5) is 0 Å². The molecule has 0 radical (unpaired) electrons. The number of hydrogen-bond acceptors (Lipinski definition) is 1. The molecule has 0 aromatic heterocycles. The van der Waals surface area contributed by atoms with E-state index in [0.29, 0.717) is 18.3 Å². The molecular formula is C12H24O2. The normalized spacial score (nSPS) is 17.4. The quantitative estimate of drug-likeness (QED) is 0.682. The molecule has 0 saturated carbocycles. The van der Waals surface area contributed by atoms with Crippen LogP contribution in [0.25, 0.3) is 0 Å². The van der Waals surface area contributed by atoms with Crippen molar-refractivity contribution in [1.29, 1.82) is 0 Å². The maximum atomic E-state index is 10.5. The molecule has 0 aromatic carbocycles. The van der Waals surface area contributed by atoms with Crippen molar-refractivity contribution in [3.8, 4) is 0 Å². The molecule has 0 aromatic rings. The molecule has 3 atom stereocenters. The van der Waals surface area contributed by atoms with Gasteiger partial charge in [0.15, 0.2) is 0 Å². The van der Waals surface area contributed by atoms with Gasteiger partial charge in [-0.05, 0) is 30.6 Å². The van der Waals surface area contributed by atoms with Crippen molar-refractivity contribution < 1.29 is 9.90 Å². The van der Waals surface area contributed by atoms with Crippen molar-refractivity contribution in [3.05, 3.63) is 0 Å². The molecule has 0 rings (SSSR count). The first-order chi connectivity index (χ1) is 6.45. The molecule has 84 valence electrons. The van der Waals surface area contributed by atoms with Gasteiger partial charge in [-0.25, -0.2) is 0 Å². The second-order valence-corrected chi connectivity index (χ2v) is 4.79. The van der Waals surface area contributed by atoms with E-state index in [1.54, 1.807) is 0 Å². The van der Waals surface area contributed by atoms with Gasteiger partial charge in [0.1, 0.15) is 0 Å². The third-order valence-corrected chi connectivity index (χ3v) is 2.83. The first kappa shape index (κ1) is 13.5. The Kier molecular flexibility index (Phi) is 6.60. The van der Waals surface area contributed by atoms with Gasteiger partial charge in [0.2, 0.25) is 0 Å². The van der Waals surface area contributed by atoms with Crippen LogP contribution in [0.1, 0.15) is 53.4 Å². The summed E-state index contributed by atoms with van der Waals surface area (Å²) in [4.78, 5) is 10.5. The summed E-state index contributed by atoms with van der Waals surface area (Å²) in [5.41, 5.74) is 0. The minimum Gasteiger partial charge on any atom is -0.481 e. The van der Waals surface area contributed by atoms with Crippen molar-refractivity contribution in [1.82, 2.24) is 0 Å². The molecule has 0 bridgehead atoms. The second-order valence-electron chi connectivity index (χ2n) is 4.79. The number of hydrogen-bond donors (Lipinski definition) is 1. The number of rotatable bonds is 7. The van der Waals surface area contributed by atoms with Gasteiger partial charge in [-0.3, -0.25) is 4.79 Å². The molecule has 3 unspecified atom stereocenters. The molecule has 0 heterocycles. The van der Waals surface area contributed by atoms with E-state index in [2.05, 4.69) is 20.8 Å². The highest BCUT2D eigenvalue weighted by Crippen LogP contribution is 2.22. The van der Waals surface area contributed by atoms with E-state index in [4.69, 9.17) is 5.11 Å². The molecule has 2 nitrogen and oxygen atoms in total. The van der Waals surface area contributed by atoms with E-state index in [9.17, 15) is 4.79 Å². The molecular weight excluding hydrogens is 176 g/mol. The van der Waals surface area contributed by atoms with Gasteiger partial charge in [0.25, 0.3) is 0 Å². The second kappa shape index (κ2) is 6.86. The van der Waals surface area contributed by atoms with E-state index in [-0.39, 0.29) is 0 Å². The fraction of sp³-hybridized carbons (Fsp3) is 0.917. The van der Waals surface area contributed by atoms with E-state index in [1.807, 2.05) is 6.92 Å². The van der Waals surface area contributed by atoms with E-state index < -0.39 is 5.97 Å². The highest BCUT2D eigenvalue weighted by atomic mass is 16.4. The minimum absolute atomic E-state index is 0.310. The Morgan fingerprint density at radius 2 is 1.57 bits per heavy atom. The summed E-state index contributed by atoms with van der Waals surface area (Å²) >= 11 is 0. The molecule has 1 N–H and O–H groups in total. The topological polar surface area (TPSA) is 37.3 Å². The Labute approximate surface area is 87.7 Å². The van der Waals surface area contributed by atoms with Crippen molar-refractivity contribution in [2.45, 2.75) is 53.4 Å². The molecule has 2 heteroatoms. The fourth-order valence-electron chi connectivity index (χ4n) is 2.02. The van der Waals surface area contributed by atoms with E-state index in [0.717, 1.165) is 12.3 Å². The van der Waals surface area contributed by atoms with Crippen LogP contribution in [0.5, 0.6) is 0 Å². The van der Waals surface area contributed by atoms with Crippen molar-refractivity contribution >= 4 is 5.97 Å². The maximum Gasteiger partial charge on any atom is 0.303 e. The Balaban J connectivity index is 3.70. The van der Waals surface area contributed by atoms with Gasteiger partial charge in [-0.2, -0.15) is 0 Å². The van der Waals surface area contributed by atoms with Gasteiger partial charge >= 0.3 is 5.97 Å². The third kappa shape index (κ3) is 6.93. The minimum atomic E-state index is -0.673. The van der Waals surface area contributed by atoms with Gasteiger partial charge < -0.3 is 5.11 Å². The number of carbonyl (C=O) groups is 1. The summed E-state index contributed by atoms with van der Waals surface area (Å²) in [5.74, 6) is 1.06. The zero-order chi connectivity index (χ0) is 11.1. The van der Waals surface area contributed by atoms with Crippen LogP contribution >= 0.6 is 0 Å². The SMILES string of the molecule is CCC(C)CC(C)CC(C)CC(=O)O. The lowest BCUT2D eigenvalue weighted by Gasteiger charge is -2.18. The predicted octanol–water partition coefficient (Wildman–Crippen LogP) is 3.56. The average Bonchev–Trinajstić information content (AvgIpc) is 2.01.